The van der Waals surface area contributed by atoms with E-state index in [4.69, 9.17) is 14.5 Å². The number of fused-ring (bicyclic) bond motifs is 1. The molecule has 7 nitrogen and oxygen atoms in total. The first-order chi connectivity index (χ1) is 16.0. The van der Waals surface area contributed by atoms with Crippen molar-refractivity contribution in [2.75, 3.05) is 32.9 Å². The number of halogens is 1. The summed E-state index contributed by atoms with van der Waals surface area (Å²) in [4.78, 5) is 5.02. The minimum Gasteiger partial charge on any atom is -0.379 e. The molecule has 0 amide bonds. The molecule has 33 heavy (non-hydrogen) atoms. The Morgan fingerprint density at radius 2 is 1.97 bits per heavy atom. The Kier molecular flexibility index (Phi) is 6.71. The summed E-state index contributed by atoms with van der Waals surface area (Å²) >= 11 is 1.51. The van der Waals surface area contributed by atoms with Crippen LogP contribution in [0.15, 0.2) is 52.5 Å². The highest BCUT2D eigenvalue weighted by molar-refractivity contribution is 7.98. The first kappa shape index (κ1) is 22.8. The molecule has 3 aromatic rings. The molecule has 0 spiro atoms. The van der Waals surface area contributed by atoms with Gasteiger partial charge in [-0.3, -0.25) is 0 Å². The van der Waals surface area contributed by atoms with Crippen LogP contribution in [0.2, 0.25) is 0 Å². The van der Waals surface area contributed by atoms with Crippen molar-refractivity contribution in [1.82, 2.24) is 13.9 Å². The van der Waals surface area contributed by atoms with Crippen molar-refractivity contribution in [1.29, 1.82) is 0 Å². The van der Waals surface area contributed by atoms with E-state index in [-0.39, 0.29) is 16.8 Å². The van der Waals surface area contributed by atoms with Crippen LogP contribution < -0.4 is 0 Å². The van der Waals surface area contributed by atoms with Gasteiger partial charge < -0.3 is 14.0 Å². The molecule has 2 aliphatic rings. The summed E-state index contributed by atoms with van der Waals surface area (Å²) in [7, 11) is -3.61. The number of nitrogens with zero attached hydrogens (tertiary/aromatic N) is 3. The second-order valence-corrected chi connectivity index (χ2v) is 11.1. The quantitative estimate of drug-likeness (QED) is 0.470. The third-order valence-electron chi connectivity index (χ3n) is 5.96. The van der Waals surface area contributed by atoms with Crippen molar-refractivity contribution in [3.8, 4) is 0 Å². The molecular weight excluding hydrogens is 465 g/mol. The number of morpholine rings is 1. The number of sulfonamides is 1. The van der Waals surface area contributed by atoms with Crippen LogP contribution in [-0.2, 0) is 31.8 Å². The lowest BCUT2D eigenvalue weighted by Crippen LogP contribution is -2.40. The van der Waals surface area contributed by atoms with Crippen molar-refractivity contribution in [3.63, 3.8) is 0 Å². The largest absolute Gasteiger partial charge is 0.379 e. The third kappa shape index (κ3) is 4.95. The van der Waals surface area contributed by atoms with E-state index in [0.717, 1.165) is 35.7 Å². The van der Waals surface area contributed by atoms with Crippen molar-refractivity contribution in [2.24, 2.45) is 0 Å². The molecule has 0 aliphatic carbocycles. The first-order valence-corrected chi connectivity index (χ1v) is 13.5. The summed E-state index contributed by atoms with van der Waals surface area (Å²) in [6, 6.07) is 11.7. The number of rotatable bonds is 7. The van der Waals surface area contributed by atoms with Gasteiger partial charge in [-0.2, -0.15) is 4.31 Å². The summed E-state index contributed by atoms with van der Waals surface area (Å²) < 4.78 is 54.5. The Morgan fingerprint density at radius 1 is 1.12 bits per heavy atom. The average molecular weight is 492 g/mol. The van der Waals surface area contributed by atoms with Crippen molar-refractivity contribution < 1.29 is 22.3 Å². The topological polar surface area (TPSA) is 73.7 Å². The number of ether oxygens (including phenoxy) is 2. The van der Waals surface area contributed by atoms with E-state index in [1.807, 2.05) is 12.1 Å². The molecule has 0 unspecified atom stereocenters. The molecular formula is C23H26FN3O4S2. The van der Waals surface area contributed by atoms with E-state index in [2.05, 4.69) is 4.57 Å². The van der Waals surface area contributed by atoms with Crippen molar-refractivity contribution in [3.05, 3.63) is 53.8 Å². The molecule has 1 aromatic heterocycles. The Labute approximate surface area is 196 Å². The molecule has 3 heterocycles. The maximum absolute atomic E-state index is 13.6. The zero-order valence-electron chi connectivity index (χ0n) is 18.2. The Hall–Kier alpha value is -1.98. The maximum Gasteiger partial charge on any atom is 0.243 e. The van der Waals surface area contributed by atoms with Gasteiger partial charge in [0.1, 0.15) is 5.82 Å². The maximum atomic E-state index is 13.6. The molecule has 0 radical (unpaired) electrons. The van der Waals surface area contributed by atoms with Crippen LogP contribution in [0.4, 0.5) is 4.39 Å². The van der Waals surface area contributed by atoms with Crippen LogP contribution in [0.1, 0.15) is 18.4 Å². The minimum atomic E-state index is -3.61. The number of hydrogen-bond acceptors (Lipinski definition) is 6. The van der Waals surface area contributed by atoms with Crippen LogP contribution in [0.3, 0.4) is 0 Å². The van der Waals surface area contributed by atoms with Crippen molar-refractivity contribution >= 4 is 32.8 Å². The summed E-state index contributed by atoms with van der Waals surface area (Å²) in [5.74, 6) is 0.296. The SMILES string of the molecule is O=S(=O)(c1ccc2c(c1)nc(SCc1cccc(F)c1)n2C[C@@H]1CCCO1)N1CCOCC1. The molecule has 0 bridgehead atoms. The van der Waals surface area contributed by atoms with Gasteiger partial charge in [-0.25, -0.2) is 17.8 Å². The average Bonchev–Trinajstić information content (AvgIpc) is 3.46. The smallest absolute Gasteiger partial charge is 0.243 e. The van der Waals surface area contributed by atoms with Gasteiger partial charge in [0.2, 0.25) is 10.0 Å². The highest BCUT2D eigenvalue weighted by atomic mass is 32.2. The number of aromatic nitrogens is 2. The Balaban J connectivity index is 1.47. The van der Waals surface area contributed by atoms with Crippen LogP contribution in [0.25, 0.3) is 11.0 Å². The fourth-order valence-corrected chi connectivity index (χ4v) is 6.63. The third-order valence-corrected chi connectivity index (χ3v) is 8.90. The van der Waals surface area contributed by atoms with E-state index in [0.29, 0.717) is 44.1 Å². The lowest BCUT2D eigenvalue weighted by molar-refractivity contribution is 0.0730. The van der Waals surface area contributed by atoms with Crippen molar-refractivity contribution in [2.45, 2.75) is 41.3 Å². The zero-order chi connectivity index (χ0) is 22.8. The lowest BCUT2D eigenvalue weighted by atomic mass is 10.2. The molecule has 2 aliphatic heterocycles. The number of benzene rings is 2. The van der Waals surface area contributed by atoms with Gasteiger partial charge in [-0.15, -0.1) is 0 Å². The van der Waals surface area contributed by atoms with E-state index >= 15 is 0 Å². The van der Waals surface area contributed by atoms with Crippen LogP contribution >= 0.6 is 11.8 Å². The molecule has 10 heteroatoms. The number of imidazole rings is 1. The first-order valence-electron chi connectivity index (χ1n) is 11.1. The van der Waals surface area contributed by atoms with Crippen LogP contribution in [-0.4, -0.2) is 61.3 Å². The van der Waals surface area contributed by atoms with E-state index < -0.39 is 10.0 Å². The Morgan fingerprint density at radius 3 is 2.73 bits per heavy atom. The van der Waals surface area contributed by atoms with Crippen LogP contribution in [0.5, 0.6) is 0 Å². The van der Waals surface area contributed by atoms with E-state index in [1.54, 1.807) is 18.2 Å². The fraction of sp³-hybridized carbons (Fsp3) is 0.435. The minimum absolute atomic E-state index is 0.104. The van der Waals surface area contributed by atoms with Crippen LogP contribution in [0, 0.1) is 5.82 Å². The predicted molar refractivity (Wildman–Crippen MR) is 124 cm³/mol. The molecule has 2 saturated heterocycles. The molecule has 1 atom stereocenters. The molecule has 176 valence electrons. The molecule has 2 fully saturated rings. The van der Waals surface area contributed by atoms with Gasteiger partial charge in [0.15, 0.2) is 5.16 Å². The van der Waals surface area contributed by atoms with E-state index in [1.165, 1.54) is 28.2 Å². The summed E-state index contributed by atoms with van der Waals surface area (Å²) in [6.45, 7) is 2.91. The number of thioether (sulfide) groups is 1. The van der Waals surface area contributed by atoms with Gasteiger partial charge in [-0.1, -0.05) is 23.9 Å². The monoisotopic (exact) mass is 491 g/mol. The number of hydrogen-bond donors (Lipinski definition) is 0. The lowest BCUT2D eigenvalue weighted by Gasteiger charge is -2.26. The standard InChI is InChI=1S/C23H26FN3O4S2/c24-18-4-1-3-17(13-18)16-32-23-25-21-14-20(33(28,29)26-8-11-30-12-9-26)6-7-22(21)27(23)15-19-5-2-10-31-19/h1,3-4,6-7,13-14,19H,2,5,8-12,15-16H2/t19-/m0/s1. The van der Waals surface area contributed by atoms with Gasteiger partial charge in [0, 0.05) is 25.4 Å². The fourth-order valence-electron chi connectivity index (χ4n) is 4.24. The summed E-state index contributed by atoms with van der Waals surface area (Å²) in [6.07, 6.45) is 2.12. The normalized spacial score (nSPS) is 20.0. The molecule has 0 saturated carbocycles. The van der Waals surface area contributed by atoms with Gasteiger partial charge in [-0.05, 0) is 48.7 Å². The van der Waals surface area contributed by atoms with E-state index in [9.17, 15) is 12.8 Å². The molecule has 0 N–H and O–H groups in total. The second kappa shape index (κ2) is 9.71. The van der Waals surface area contributed by atoms with Gasteiger partial charge in [0.05, 0.1) is 41.8 Å². The predicted octanol–water partition coefficient (Wildman–Crippen LogP) is 3.67. The zero-order valence-corrected chi connectivity index (χ0v) is 19.8. The highest BCUT2D eigenvalue weighted by Crippen LogP contribution is 2.31. The highest BCUT2D eigenvalue weighted by Gasteiger charge is 2.27. The molecule has 5 rings (SSSR count). The van der Waals surface area contributed by atoms with Gasteiger partial charge >= 0.3 is 0 Å². The second-order valence-electron chi connectivity index (χ2n) is 8.23. The Bertz CT molecular complexity index is 1240. The summed E-state index contributed by atoms with van der Waals surface area (Å²) in [5, 5.41) is 0.769. The van der Waals surface area contributed by atoms with Gasteiger partial charge in [0.25, 0.3) is 0 Å². The summed E-state index contributed by atoms with van der Waals surface area (Å²) in [5.41, 5.74) is 2.36. The molecule has 2 aromatic carbocycles.